The molecule has 0 aromatic carbocycles. The average molecular weight is 234 g/mol. The van der Waals surface area contributed by atoms with E-state index in [0.717, 1.165) is 12.8 Å². The number of cyclic esters (lactones) is 1. The topological polar surface area (TPSA) is 35.5 Å². The molecule has 1 saturated carbocycles. The van der Waals surface area contributed by atoms with Crippen LogP contribution in [0.2, 0.25) is 0 Å². The van der Waals surface area contributed by atoms with Gasteiger partial charge in [-0.1, -0.05) is 25.0 Å². The summed E-state index contributed by atoms with van der Waals surface area (Å²) in [5.74, 6) is 0.618. The van der Waals surface area contributed by atoms with Crippen molar-refractivity contribution < 1.29 is 14.3 Å². The van der Waals surface area contributed by atoms with E-state index in [1.165, 1.54) is 25.7 Å². The molecule has 0 amide bonds. The molecule has 4 aliphatic rings. The summed E-state index contributed by atoms with van der Waals surface area (Å²) in [4.78, 5) is 12.2. The molecule has 17 heavy (non-hydrogen) atoms. The molecule has 1 aliphatic carbocycles. The van der Waals surface area contributed by atoms with Gasteiger partial charge in [0.25, 0.3) is 0 Å². The van der Waals surface area contributed by atoms with Crippen LogP contribution in [0, 0.1) is 11.3 Å². The first kappa shape index (κ1) is 10.1. The van der Waals surface area contributed by atoms with Crippen LogP contribution in [-0.4, -0.2) is 24.3 Å². The smallest absolute Gasteiger partial charge is 0.315 e. The molecule has 3 heterocycles. The predicted octanol–water partition coefficient (Wildman–Crippen LogP) is 2.21. The number of rotatable bonds is 1. The molecule has 3 nitrogen and oxygen atoms in total. The van der Waals surface area contributed by atoms with Gasteiger partial charge in [0.15, 0.2) is 0 Å². The number of carbonyl (C=O) groups excluding carboxylic acids is 1. The Morgan fingerprint density at radius 2 is 2.00 bits per heavy atom. The monoisotopic (exact) mass is 234 g/mol. The Morgan fingerprint density at radius 3 is 2.65 bits per heavy atom. The molecule has 3 fully saturated rings. The second kappa shape index (κ2) is 3.35. The number of carbonyl (C=O) groups is 1. The highest BCUT2D eigenvalue weighted by Crippen LogP contribution is 2.53. The molecule has 92 valence electrons. The highest BCUT2D eigenvalue weighted by atomic mass is 16.6. The van der Waals surface area contributed by atoms with Crippen molar-refractivity contribution in [2.75, 3.05) is 0 Å². The van der Waals surface area contributed by atoms with Crippen LogP contribution in [0.15, 0.2) is 12.2 Å². The highest BCUT2D eigenvalue weighted by Gasteiger charge is 2.61. The molecule has 4 unspecified atom stereocenters. The molecular formula is C14H18O3. The van der Waals surface area contributed by atoms with Crippen molar-refractivity contribution in [2.45, 2.75) is 56.8 Å². The van der Waals surface area contributed by atoms with Crippen molar-refractivity contribution in [3.63, 3.8) is 0 Å². The van der Waals surface area contributed by atoms with E-state index in [-0.39, 0.29) is 29.7 Å². The lowest BCUT2D eigenvalue weighted by atomic mass is 9.73. The molecule has 4 atom stereocenters. The zero-order valence-corrected chi connectivity index (χ0v) is 9.93. The largest absolute Gasteiger partial charge is 0.462 e. The van der Waals surface area contributed by atoms with Gasteiger partial charge >= 0.3 is 5.97 Å². The van der Waals surface area contributed by atoms with E-state index in [0.29, 0.717) is 5.92 Å². The molecule has 2 saturated heterocycles. The molecule has 4 rings (SSSR count). The van der Waals surface area contributed by atoms with E-state index in [1.54, 1.807) is 0 Å². The maximum Gasteiger partial charge on any atom is 0.315 e. The quantitative estimate of drug-likeness (QED) is 0.515. The third kappa shape index (κ3) is 1.29. The summed E-state index contributed by atoms with van der Waals surface area (Å²) in [6, 6.07) is 0. The van der Waals surface area contributed by atoms with Crippen LogP contribution in [0.5, 0.6) is 0 Å². The lowest BCUT2D eigenvalue weighted by Crippen LogP contribution is -2.35. The average Bonchev–Trinajstić information content (AvgIpc) is 3.05. The molecule has 3 heteroatoms. The maximum atomic E-state index is 12.2. The van der Waals surface area contributed by atoms with Crippen LogP contribution in [0.4, 0.5) is 0 Å². The van der Waals surface area contributed by atoms with Crippen molar-refractivity contribution >= 4 is 5.97 Å². The number of hydrogen-bond donors (Lipinski definition) is 0. The minimum atomic E-state index is -0.327. The van der Waals surface area contributed by atoms with E-state index in [2.05, 4.69) is 12.2 Å². The first-order valence-electron chi connectivity index (χ1n) is 6.83. The summed E-state index contributed by atoms with van der Waals surface area (Å²) in [5, 5.41) is 0. The number of esters is 1. The van der Waals surface area contributed by atoms with Gasteiger partial charge in [-0.3, -0.25) is 4.79 Å². The van der Waals surface area contributed by atoms with Gasteiger partial charge in [0.2, 0.25) is 0 Å². The molecule has 0 radical (unpaired) electrons. The normalized spacial score (nSPS) is 48.5. The second-order valence-corrected chi connectivity index (χ2v) is 6.03. The van der Waals surface area contributed by atoms with Crippen molar-refractivity contribution in [1.82, 2.24) is 0 Å². The first-order valence-corrected chi connectivity index (χ1v) is 6.83. The lowest BCUT2D eigenvalue weighted by molar-refractivity contribution is -0.151. The molecule has 0 aromatic heterocycles. The zero-order chi connectivity index (χ0) is 11.5. The van der Waals surface area contributed by atoms with Crippen LogP contribution in [-0.2, 0) is 14.3 Å². The van der Waals surface area contributed by atoms with Gasteiger partial charge in [-0.25, -0.2) is 0 Å². The number of hydrogen-bond acceptors (Lipinski definition) is 3. The van der Waals surface area contributed by atoms with E-state index in [1.807, 2.05) is 0 Å². The molecule has 0 N–H and O–H groups in total. The molecule has 2 bridgehead atoms. The van der Waals surface area contributed by atoms with Gasteiger partial charge in [-0.15, -0.1) is 0 Å². The van der Waals surface area contributed by atoms with Gasteiger partial charge in [0.05, 0.1) is 12.2 Å². The third-order valence-corrected chi connectivity index (χ3v) is 5.09. The zero-order valence-electron chi connectivity index (χ0n) is 9.93. The van der Waals surface area contributed by atoms with E-state index >= 15 is 0 Å². The fourth-order valence-corrected chi connectivity index (χ4v) is 4.14. The predicted molar refractivity (Wildman–Crippen MR) is 61.3 cm³/mol. The number of ether oxygens (including phenoxy) is 2. The molecule has 1 spiro atoms. The summed E-state index contributed by atoms with van der Waals surface area (Å²) in [5.41, 5.74) is -0.327. The number of fused-ring (bicyclic) bond motifs is 3. The van der Waals surface area contributed by atoms with E-state index in [9.17, 15) is 4.79 Å². The van der Waals surface area contributed by atoms with E-state index < -0.39 is 0 Å². The minimum absolute atomic E-state index is 0.00579. The summed E-state index contributed by atoms with van der Waals surface area (Å²) < 4.78 is 11.5. The standard InChI is InChI=1S/C14H18O3/c15-13-14(7-10-5-6-12(14)16-10)8-11(17-13)9-3-1-2-4-9/h5-6,9-12H,1-4,7-8H2. The highest BCUT2D eigenvalue weighted by molar-refractivity contribution is 5.81. The maximum absolute atomic E-state index is 12.2. The van der Waals surface area contributed by atoms with Crippen LogP contribution >= 0.6 is 0 Å². The van der Waals surface area contributed by atoms with Crippen LogP contribution in [0.3, 0.4) is 0 Å². The van der Waals surface area contributed by atoms with Crippen LogP contribution in [0.25, 0.3) is 0 Å². The first-order chi connectivity index (χ1) is 8.28. The van der Waals surface area contributed by atoms with Crippen molar-refractivity contribution in [3.05, 3.63) is 12.2 Å². The van der Waals surface area contributed by atoms with Gasteiger partial charge < -0.3 is 9.47 Å². The van der Waals surface area contributed by atoms with Crippen LogP contribution in [0.1, 0.15) is 38.5 Å². The Kier molecular flexibility index (Phi) is 1.99. The molecule has 3 aliphatic heterocycles. The van der Waals surface area contributed by atoms with E-state index in [4.69, 9.17) is 9.47 Å². The summed E-state index contributed by atoms with van der Waals surface area (Å²) in [6.07, 6.45) is 11.3. The SMILES string of the molecule is O=C1OC(C2CCCC2)CC12CC1C=CC2O1. The Morgan fingerprint density at radius 1 is 1.18 bits per heavy atom. The molecule has 0 aromatic rings. The van der Waals surface area contributed by atoms with Crippen LogP contribution < -0.4 is 0 Å². The Bertz CT molecular complexity index is 383. The lowest BCUT2D eigenvalue weighted by Gasteiger charge is -2.23. The summed E-state index contributed by atoms with van der Waals surface area (Å²) in [6.45, 7) is 0. The van der Waals surface area contributed by atoms with Crippen molar-refractivity contribution in [3.8, 4) is 0 Å². The minimum Gasteiger partial charge on any atom is -0.462 e. The fourth-order valence-electron chi connectivity index (χ4n) is 4.14. The van der Waals surface area contributed by atoms with Gasteiger partial charge in [0.1, 0.15) is 11.5 Å². The third-order valence-electron chi connectivity index (χ3n) is 5.09. The van der Waals surface area contributed by atoms with Gasteiger partial charge in [-0.2, -0.15) is 0 Å². The van der Waals surface area contributed by atoms with Gasteiger partial charge in [0, 0.05) is 6.42 Å². The second-order valence-electron chi connectivity index (χ2n) is 6.03. The fraction of sp³-hybridized carbons (Fsp3) is 0.786. The summed E-state index contributed by atoms with van der Waals surface area (Å²) >= 11 is 0. The Balaban J connectivity index is 1.58. The van der Waals surface area contributed by atoms with Crippen molar-refractivity contribution in [1.29, 1.82) is 0 Å². The summed E-state index contributed by atoms with van der Waals surface area (Å²) in [7, 11) is 0. The van der Waals surface area contributed by atoms with Gasteiger partial charge in [-0.05, 0) is 25.2 Å². The Hall–Kier alpha value is -0.830. The van der Waals surface area contributed by atoms with Crippen molar-refractivity contribution in [2.24, 2.45) is 11.3 Å². The Labute approximate surface area is 101 Å². The molecular weight excluding hydrogens is 216 g/mol.